The zero-order valence-electron chi connectivity index (χ0n) is 15.1. The Morgan fingerprint density at radius 1 is 1.25 bits per heavy atom. The second-order valence-electron chi connectivity index (χ2n) is 5.77. The number of nitrogens with zero attached hydrogens (tertiary/aromatic N) is 1. The van der Waals surface area contributed by atoms with Gasteiger partial charge >= 0.3 is 5.97 Å². The van der Waals surface area contributed by atoms with Gasteiger partial charge < -0.3 is 14.8 Å². The van der Waals surface area contributed by atoms with Crippen molar-refractivity contribution in [3.05, 3.63) is 58.6 Å². The maximum atomic E-state index is 12.2. The fourth-order valence-corrected chi connectivity index (χ4v) is 3.48. The van der Waals surface area contributed by atoms with E-state index in [4.69, 9.17) is 21.1 Å². The highest BCUT2D eigenvalue weighted by Gasteiger charge is 2.17. The zero-order chi connectivity index (χ0) is 20.1. The summed E-state index contributed by atoms with van der Waals surface area (Å²) in [5, 5.41) is 3.69. The van der Waals surface area contributed by atoms with Crippen LogP contribution in [-0.2, 0) is 14.3 Å². The van der Waals surface area contributed by atoms with Crippen molar-refractivity contribution in [3.8, 4) is 5.75 Å². The van der Waals surface area contributed by atoms with Crippen LogP contribution in [0.1, 0.15) is 11.9 Å². The lowest BCUT2D eigenvalue weighted by molar-refractivity contribution is -0.148. The van der Waals surface area contributed by atoms with E-state index >= 15 is 0 Å². The summed E-state index contributed by atoms with van der Waals surface area (Å²) in [6, 6.07) is 12.5. The lowest BCUT2D eigenvalue weighted by atomic mass is 10.3. The maximum Gasteiger partial charge on any atom is 0.331 e. The number of carbonyl (C=O) groups is 2. The van der Waals surface area contributed by atoms with E-state index in [0.29, 0.717) is 21.5 Å². The molecule has 1 amide bonds. The van der Waals surface area contributed by atoms with Gasteiger partial charge in [-0.3, -0.25) is 4.79 Å². The number of thiazole rings is 1. The number of aromatic nitrogens is 1. The van der Waals surface area contributed by atoms with Gasteiger partial charge in [-0.1, -0.05) is 23.7 Å². The van der Waals surface area contributed by atoms with Gasteiger partial charge in [0.25, 0.3) is 5.91 Å². The lowest BCUT2D eigenvalue weighted by Gasteiger charge is -2.13. The van der Waals surface area contributed by atoms with Crippen LogP contribution in [0.15, 0.2) is 48.5 Å². The standard InChI is InChI=1S/C20H17ClN2O4S/c1-12(20(25)22-13-7-8-16(26-2)14(21)11-13)27-19(24)10-9-18-23-15-5-3-4-6-17(15)28-18/h3-12H,1-2H3,(H,22,25)/b10-9+/t12-/m1/s1. The number of hydrogen-bond acceptors (Lipinski definition) is 6. The first-order valence-corrected chi connectivity index (χ1v) is 9.54. The summed E-state index contributed by atoms with van der Waals surface area (Å²) < 4.78 is 11.2. The fourth-order valence-electron chi connectivity index (χ4n) is 2.36. The summed E-state index contributed by atoms with van der Waals surface area (Å²) in [5.41, 5.74) is 1.34. The smallest absolute Gasteiger partial charge is 0.331 e. The number of rotatable bonds is 6. The summed E-state index contributed by atoms with van der Waals surface area (Å²) in [4.78, 5) is 28.6. The van der Waals surface area contributed by atoms with Crippen molar-refractivity contribution >= 4 is 56.8 Å². The average molecular weight is 417 g/mol. The van der Waals surface area contributed by atoms with Crippen molar-refractivity contribution in [3.63, 3.8) is 0 Å². The summed E-state index contributed by atoms with van der Waals surface area (Å²) in [6.45, 7) is 1.49. The minimum atomic E-state index is -0.978. The first kappa shape index (κ1) is 19.9. The van der Waals surface area contributed by atoms with Gasteiger partial charge in [-0.2, -0.15) is 0 Å². The molecular formula is C20H17ClN2O4S. The molecule has 0 spiro atoms. The van der Waals surface area contributed by atoms with E-state index in [1.54, 1.807) is 24.3 Å². The number of esters is 1. The number of amides is 1. The van der Waals surface area contributed by atoms with Gasteiger partial charge in [0.15, 0.2) is 6.10 Å². The second-order valence-corrected chi connectivity index (χ2v) is 7.24. The van der Waals surface area contributed by atoms with Crippen LogP contribution in [0.25, 0.3) is 16.3 Å². The Morgan fingerprint density at radius 3 is 2.75 bits per heavy atom. The van der Waals surface area contributed by atoms with Crippen LogP contribution in [0.5, 0.6) is 5.75 Å². The third kappa shape index (κ3) is 4.88. The molecule has 0 bridgehead atoms. The van der Waals surface area contributed by atoms with Crippen LogP contribution in [0, 0.1) is 0 Å². The Bertz CT molecular complexity index is 1010. The Balaban J connectivity index is 1.57. The molecule has 1 atom stereocenters. The molecule has 3 rings (SSSR count). The van der Waals surface area contributed by atoms with Crippen LogP contribution in [0.2, 0.25) is 5.02 Å². The third-order valence-electron chi connectivity index (χ3n) is 3.75. The average Bonchev–Trinajstić information content (AvgIpc) is 3.09. The Hall–Kier alpha value is -2.90. The molecule has 0 radical (unpaired) electrons. The SMILES string of the molecule is COc1ccc(NC(=O)[C@@H](C)OC(=O)/C=C/c2nc3ccccc3s2)cc1Cl. The number of anilines is 1. The maximum absolute atomic E-state index is 12.2. The number of carbonyl (C=O) groups excluding carboxylic acids is 2. The fraction of sp³-hybridized carbons (Fsp3) is 0.150. The van der Waals surface area contributed by atoms with E-state index in [1.807, 2.05) is 24.3 Å². The van der Waals surface area contributed by atoms with Crippen LogP contribution >= 0.6 is 22.9 Å². The van der Waals surface area contributed by atoms with Crippen molar-refractivity contribution < 1.29 is 19.1 Å². The topological polar surface area (TPSA) is 77.5 Å². The molecule has 3 aromatic rings. The minimum Gasteiger partial charge on any atom is -0.495 e. The molecule has 144 valence electrons. The Labute approximate surface area is 170 Å². The highest BCUT2D eigenvalue weighted by Crippen LogP contribution is 2.27. The second kappa shape index (κ2) is 8.86. The Kier molecular flexibility index (Phi) is 6.28. The molecule has 0 saturated carbocycles. The van der Waals surface area contributed by atoms with Gasteiger partial charge in [0, 0.05) is 11.8 Å². The molecule has 1 N–H and O–H groups in total. The predicted octanol–water partition coefficient (Wildman–Crippen LogP) is 4.54. The van der Waals surface area contributed by atoms with Crippen molar-refractivity contribution in [1.29, 1.82) is 0 Å². The molecule has 0 aliphatic heterocycles. The van der Waals surface area contributed by atoms with Crippen LogP contribution in [0.4, 0.5) is 5.69 Å². The van der Waals surface area contributed by atoms with Crippen LogP contribution in [-0.4, -0.2) is 30.1 Å². The first-order chi connectivity index (χ1) is 13.5. The highest BCUT2D eigenvalue weighted by atomic mass is 35.5. The lowest BCUT2D eigenvalue weighted by Crippen LogP contribution is -2.29. The van der Waals surface area contributed by atoms with Gasteiger partial charge in [-0.25, -0.2) is 9.78 Å². The molecule has 0 fully saturated rings. The molecule has 6 nitrogen and oxygen atoms in total. The van der Waals surface area contributed by atoms with Gasteiger partial charge in [-0.05, 0) is 43.3 Å². The van der Waals surface area contributed by atoms with E-state index < -0.39 is 18.0 Å². The number of halogens is 1. The minimum absolute atomic E-state index is 0.365. The number of methoxy groups -OCH3 is 1. The zero-order valence-corrected chi connectivity index (χ0v) is 16.7. The normalized spacial score (nSPS) is 12.1. The first-order valence-electron chi connectivity index (χ1n) is 8.35. The molecule has 0 aliphatic rings. The molecule has 0 unspecified atom stereocenters. The van der Waals surface area contributed by atoms with Gasteiger partial charge in [0.1, 0.15) is 10.8 Å². The summed E-state index contributed by atoms with van der Waals surface area (Å²) in [5.74, 6) is -0.600. The van der Waals surface area contributed by atoms with E-state index in [0.717, 1.165) is 10.2 Å². The molecular weight excluding hydrogens is 400 g/mol. The molecule has 8 heteroatoms. The number of para-hydroxylation sites is 1. The quantitative estimate of drug-likeness (QED) is 0.471. The van der Waals surface area contributed by atoms with Crippen molar-refractivity contribution in [2.45, 2.75) is 13.0 Å². The van der Waals surface area contributed by atoms with E-state index in [1.165, 1.54) is 31.4 Å². The Morgan fingerprint density at radius 2 is 2.04 bits per heavy atom. The highest BCUT2D eigenvalue weighted by molar-refractivity contribution is 7.19. The van der Waals surface area contributed by atoms with E-state index in [9.17, 15) is 9.59 Å². The monoisotopic (exact) mass is 416 g/mol. The van der Waals surface area contributed by atoms with Crippen molar-refractivity contribution in [2.24, 2.45) is 0 Å². The molecule has 0 saturated heterocycles. The number of hydrogen-bond donors (Lipinski definition) is 1. The summed E-state index contributed by atoms with van der Waals surface area (Å²) >= 11 is 7.49. The van der Waals surface area contributed by atoms with Crippen LogP contribution in [0.3, 0.4) is 0 Å². The largest absolute Gasteiger partial charge is 0.495 e. The number of benzene rings is 2. The molecule has 1 heterocycles. The third-order valence-corrected chi connectivity index (χ3v) is 5.05. The molecule has 2 aromatic carbocycles. The van der Waals surface area contributed by atoms with Gasteiger partial charge in [0.2, 0.25) is 0 Å². The van der Waals surface area contributed by atoms with E-state index in [2.05, 4.69) is 10.3 Å². The van der Waals surface area contributed by atoms with Crippen LogP contribution < -0.4 is 10.1 Å². The molecule has 1 aromatic heterocycles. The van der Waals surface area contributed by atoms with E-state index in [-0.39, 0.29) is 0 Å². The van der Waals surface area contributed by atoms with Gasteiger partial charge in [0.05, 0.1) is 22.3 Å². The number of nitrogens with one attached hydrogen (secondary N) is 1. The summed E-state index contributed by atoms with van der Waals surface area (Å²) in [7, 11) is 1.50. The van der Waals surface area contributed by atoms with Gasteiger partial charge in [-0.15, -0.1) is 11.3 Å². The number of fused-ring (bicyclic) bond motifs is 1. The predicted molar refractivity (Wildman–Crippen MR) is 111 cm³/mol. The molecule has 28 heavy (non-hydrogen) atoms. The van der Waals surface area contributed by atoms with Crippen molar-refractivity contribution in [1.82, 2.24) is 4.98 Å². The number of ether oxygens (including phenoxy) is 2. The van der Waals surface area contributed by atoms with Crippen molar-refractivity contribution in [2.75, 3.05) is 12.4 Å². The summed E-state index contributed by atoms with van der Waals surface area (Å²) in [6.07, 6.45) is 1.85. The molecule has 0 aliphatic carbocycles.